The first-order valence-corrected chi connectivity index (χ1v) is 7.30. The minimum absolute atomic E-state index is 0.0242. The van der Waals surface area contributed by atoms with E-state index < -0.39 is 0 Å². The number of carbonyl (C=O) groups excluding carboxylic acids is 1. The van der Waals surface area contributed by atoms with Crippen LogP contribution in [-0.4, -0.2) is 19.0 Å². The zero-order valence-electron chi connectivity index (χ0n) is 12.0. The van der Waals surface area contributed by atoms with Crippen molar-refractivity contribution in [1.82, 2.24) is 5.32 Å². The maximum absolute atomic E-state index is 11.7. The molecule has 1 fully saturated rings. The molecule has 1 aromatic carbocycles. The number of anilines is 1. The molecule has 1 aliphatic carbocycles. The Kier molecular flexibility index (Phi) is 4.83. The van der Waals surface area contributed by atoms with E-state index in [1.54, 1.807) is 7.05 Å². The highest BCUT2D eigenvalue weighted by Gasteiger charge is 2.14. The van der Waals surface area contributed by atoms with Crippen LogP contribution < -0.4 is 10.6 Å². The standard InChI is InChI=1S/C16H24N2O/c1-12-9-10-13(16(19)17-2)11-15(12)18-14-7-5-3-4-6-8-14/h9-11,14,18H,3-8H2,1-2H3,(H,17,19). The fourth-order valence-electron chi connectivity index (χ4n) is 2.71. The van der Waals surface area contributed by atoms with Crippen molar-refractivity contribution in [2.24, 2.45) is 0 Å². The van der Waals surface area contributed by atoms with Crippen molar-refractivity contribution in [1.29, 1.82) is 0 Å². The lowest BCUT2D eigenvalue weighted by molar-refractivity contribution is 0.0963. The number of amides is 1. The van der Waals surface area contributed by atoms with Crippen molar-refractivity contribution in [2.75, 3.05) is 12.4 Å². The minimum atomic E-state index is -0.0242. The lowest BCUT2D eigenvalue weighted by atomic mass is 10.1. The van der Waals surface area contributed by atoms with E-state index in [2.05, 4.69) is 17.6 Å². The molecule has 0 unspecified atom stereocenters. The first kappa shape index (κ1) is 13.9. The maximum Gasteiger partial charge on any atom is 0.251 e. The largest absolute Gasteiger partial charge is 0.382 e. The van der Waals surface area contributed by atoms with E-state index >= 15 is 0 Å². The molecular weight excluding hydrogens is 236 g/mol. The van der Waals surface area contributed by atoms with Crippen LogP contribution in [0.1, 0.15) is 54.4 Å². The molecule has 2 rings (SSSR count). The highest BCUT2D eigenvalue weighted by atomic mass is 16.1. The quantitative estimate of drug-likeness (QED) is 0.817. The lowest BCUT2D eigenvalue weighted by Gasteiger charge is -2.19. The Balaban J connectivity index is 2.11. The van der Waals surface area contributed by atoms with Crippen LogP contribution in [-0.2, 0) is 0 Å². The summed E-state index contributed by atoms with van der Waals surface area (Å²) in [6, 6.07) is 6.43. The number of hydrogen-bond donors (Lipinski definition) is 2. The van der Waals surface area contributed by atoms with Crippen LogP contribution in [0.4, 0.5) is 5.69 Å². The second-order valence-corrected chi connectivity index (χ2v) is 5.44. The predicted molar refractivity (Wildman–Crippen MR) is 79.7 cm³/mol. The number of benzene rings is 1. The summed E-state index contributed by atoms with van der Waals surface area (Å²) in [4.78, 5) is 11.7. The van der Waals surface area contributed by atoms with Gasteiger partial charge in [-0.2, -0.15) is 0 Å². The van der Waals surface area contributed by atoms with Gasteiger partial charge in [0.15, 0.2) is 0 Å². The zero-order chi connectivity index (χ0) is 13.7. The Morgan fingerprint density at radius 1 is 1.16 bits per heavy atom. The summed E-state index contributed by atoms with van der Waals surface area (Å²) < 4.78 is 0. The molecule has 0 heterocycles. The summed E-state index contributed by atoms with van der Waals surface area (Å²) in [5.41, 5.74) is 3.04. The lowest BCUT2D eigenvalue weighted by Crippen LogP contribution is -2.21. The summed E-state index contributed by atoms with van der Waals surface area (Å²) >= 11 is 0. The molecule has 1 aliphatic rings. The average Bonchev–Trinajstić information content (AvgIpc) is 2.69. The van der Waals surface area contributed by atoms with Crippen LogP contribution in [0.2, 0.25) is 0 Å². The smallest absolute Gasteiger partial charge is 0.251 e. The second kappa shape index (κ2) is 6.60. The highest BCUT2D eigenvalue weighted by molar-refractivity contribution is 5.95. The molecular formula is C16H24N2O. The van der Waals surface area contributed by atoms with Gasteiger partial charge in [-0.3, -0.25) is 4.79 Å². The Labute approximate surface area is 115 Å². The third kappa shape index (κ3) is 3.72. The summed E-state index contributed by atoms with van der Waals surface area (Å²) in [5, 5.41) is 6.30. The molecule has 0 bridgehead atoms. The van der Waals surface area contributed by atoms with Gasteiger partial charge in [0, 0.05) is 24.3 Å². The van der Waals surface area contributed by atoms with Gasteiger partial charge >= 0.3 is 0 Å². The first-order chi connectivity index (χ1) is 9.20. The summed E-state index contributed by atoms with van der Waals surface area (Å²) in [6.07, 6.45) is 7.82. The average molecular weight is 260 g/mol. The third-order valence-electron chi connectivity index (χ3n) is 3.94. The molecule has 3 nitrogen and oxygen atoms in total. The molecule has 2 N–H and O–H groups in total. The molecule has 0 saturated heterocycles. The molecule has 0 aliphatic heterocycles. The van der Waals surface area contributed by atoms with E-state index in [4.69, 9.17) is 0 Å². The summed E-state index contributed by atoms with van der Waals surface area (Å²) in [5.74, 6) is -0.0242. The van der Waals surface area contributed by atoms with Crippen LogP contribution >= 0.6 is 0 Å². The van der Waals surface area contributed by atoms with Crippen molar-refractivity contribution in [3.05, 3.63) is 29.3 Å². The van der Waals surface area contributed by atoms with Gasteiger partial charge in [-0.25, -0.2) is 0 Å². The predicted octanol–water partition coefficient (Wildman–Crippen LogP) is 3.49. The normalized spacial score (nSPS) is 16.7. The molecule has 19 heavy (non-hydrogen) atoms. The van der Waals surface area contributed by atoms with Gasteiger partial charge in [-0.1, -0.05) is 31.7 Å². The van der Waals surface area contributed by atoms with E-state index in [1.807, 2.05) is 18.2 Å². The first-order valence-electron chi connectivity index (χ1n) is 7.30. The molecule has 3 heteroatoms. The monoisotopic (exact) mass is 260 g/mol. The summed E-state index contributed by atoms with van der Waals surface area (Å²) in [6.45, 7) is 2.09. The van der Waals surface area contributed by atoms with Gasteiger partial charge in [0.1, 0.15) is 0 Å². The molecule has 0 spiro atoms. The van der Waals surface area contributed by atoms with Crippen LogP contribution in [0, 0.1) is 6.92 Å². The highest BCUT2D eigenvalue weighted by Crippen LogP contribution is 2.24. The number of rotatable bonds is 3. The SMILES string of the molecule is CNC(=O)c1ccc(C)c(NC2CCCCCC2)c1. The molecule has 1 amide bonds. The second-order valence-electron chi connectivity index (χ2n) is 5.44. The van der Waals surface area contributed by atoms with Crippen LogP contribution in [0.5, 0.6) is 0 Å². The molecule has 104 valence electrons. The van der Waals surface area contributed by atoms with Crippen molar-refractivity contribution < 1.29 is 4.79 Å². The molecule has 0 atom stereocenters. The van der Waals surface area contributed by atoms with Gasteiger partial charge in [0.2, 0.25) is 0 Å². The van der Waals surface area contributed by atoms with Crippen molar-refractivity contribution in [2.45, 2.75) is 51.5 Å². The topological polar surface area (TPSA) is 41.1 Å². The van der Waals surface area contributed by atoms with Gasteiger partial charge in [0.25, 0.3) is 5.91 Å². The molecule has 1 saturated carbocycles. The van der Waals surface area contributed by atoms with Crippen molar-refractivity contribution >= 4 is 11.6 Å². The minimum Gasteiger partial charge on any atom is -0.382 e. The van der Waals surface area contributed by atoms with Crippen LogP contribution in [0.3, 0.4) is 0 Å². The maximum atomic E-state index is 11.7. The Bertz CT molecular complexity index is 434. The number of hydrogen-bond acceptors (Lipinski definition) is 2. The number of nitrogens with one attached hydrogen (secondary N) is 2. The van der Waals surface area contributed by atoms with E-state index in [0.29, 0.717) is 6.04 Å². The molecule has 1 aromatic rings. The van der Waals surface area contributed by atoms with E-state index in [9.17, 15) is 4.79 Å². The zero-order valence-corrected chi connectivity index (χ0v) is 12.0. The van der Waals surface area contributed by atoms with Gasteiger partial charge < -0.3 is 10.6 Å². The van der Waals surface area contributed by atoms with Gasteiger partial charge in [-0.15, -0.1) is 0 Å². The van der Waals surface area contributed by atoms with Gasteiger partial charge in [0.05, 0.1) is 0 Å². The van der Waals surface area contributed by atoms with Crippen molar-refractivity contribution in [3.8, 4) is 0 Å². The Morgan fingerprint density at radius 3 is 2.47 bits per heavy atom. The van der Waals surface area contributed by atoms with Crippen molar-refractivity contribution in [3.63, 3.8) is 0 Å². The Hall–Kier alpha value is -1.51. The van der Waals surface area contributed by atoms with Crippen LogP contribution in [0.15, 0.2) is 18.2 Å². The summed E-state index contributed by atoms with van der Waals surface area (Å²) in [7, 11) is 1.67. The molecule has 0 aromatic heterocycles. The number of aryl methyl sites for hydroxylation is 1. The third-order valence-corrected chi connectivity index (χ3v) is 3.94. The van der Waals surface area contributed by atoms with E-state index in [1.165, 1.54) is 44.1 Å². The van der Waals surface area contributed by atoms with Crippen LogP contribution in [0.25, 0.3) is 0 Å². The van der Waals surface area contributed by atoms with Gasteiger partial charge in [-0.05, 0) is 37.5 Å². The fraction of sp³-hybridized carbons (Fsp3) is 0.562. The number of carbonyl (C=O) groups is 1. The molecule has 0 radical (unpaired) electrons. The van der Waals surface area contributed by atoms with E-state index in [0.717, 1.165) is 11.3 Å². The van der Waals surface area contributed by atoms with E-state index in [-0.39, 0.29) is 5.91 Å². The fourth-order valence-corrected chi connectivity index (χ4v) is 2.71. The Morgan fingerprint density at radius 2 is 1.84 bits per heavy atom.